The van der Waals surface area contributed by atoms with Gasteiger partial charge in [-0.05, 0) is 50.5 Å². The third-order valence-electron chi connectivity index (χ3n) is 5.54. The number of hydrogen-bond donors (Lipinski definition) is 0. The van der Waals surface area contributed by atoms with Gasteiger partial charge in [-0.3, -0.25) is 0 Å². The van der Waals surface area contributed by atoms with Crippen LogP contribution in [0.25, 0.3) is 0 Å². The first-order valence-electron chi connectivity index (χ1n) is 10.6. The molecule has 1 rings (SSSR count). The molecule has 0 atom stereocenters. The zero-order valence-corrected chi connectivity index (χ0v) is 20.0. The average molecular weight is 437 g/mol. The quantitative estimate of drug-likeness (QED) is 0.228. The minimum absolute atomic E-state index is 0.274. The molecule has 1 aromatic rings. The molecule has 0 saturated carbocycles. The van der Waals surface area contributed by atoms with Crippen LogP contribution in [0.15, 0.2) is 59.5 Å². The van der Waals surface area contributed by atoms with Crippen molar-refractivity contribution in [2.75, 3.05) is 27.7 Å². The van der Waals surface area contributed by atoms with Gasteiger partial charge < -0.3 is 4.90 Å². The Morgan fingerprint density at radius 3 is 2.26 bits per heavy atom. The second-order valence-corrected chi connectivity index (χ2v) is 8.24. The third-order valence-corrected chi connectivity index (χ3v) is 5.54. The largest absolute Gasteiger partial charge is 0.405 e. The number of quaternary nitrogens is 1. The molecule has 31 heavy (non-hydrogen) atoms. The molecule has 0 heterocycles. The Balaban J connectivity index is 3.18. The van der Waals surface area contributed by atoms with E-state index in [1.165, 1.54) is 18.2 Å². The monoisotopic (exact) mass is 436 g/mol. The number of allylic oxidation sites excluding steroid dienone is 2. The van der Waals surface area contributed by atoms with E-state index in [2.05, 4.69) is 50.2 Å². The van der Waals surface area contributed by atoms with Gasteiger partial charge in [0.15, 0.2) is 0 Å². The van der Waals surface area contributed by atoms with Crippen molar-refractivity contribution in [2.45, 2.75) is 53.1 Å². The van der Waals surface area contributed by atoms with Gasteiger partial charge in [0.2, 0.25) is 5.82 Å². The highest BCUT2D eigenvalue weighted by Gasteiger charge is 2.31. The number of halogens is 3. The molecule has 0 spiro atoms. The molecule has 0 bridgehead atoms. The molecule has 1 aromatic carbocycles. The maximum absolute atomic E-state index is 12.8. The Bertz CT molecular complexity index is 861. The Labute approximate surface area is 185 Å². The molecule has 0 amide bonds. The summed E-state index contributed by atoms with van der Waals surface area (Å²) in [6.07, 6.45) is 0.528. The van der Waals surface area contributed by atoms with Gasteiger partial charge in [0, 0.05) is 24.4 Å². The summed E-state index contributed by atoms with van der Waals surface area (Å²) in [4.78, 5) is 5.76. The summed E-state index contributed by atoms with van der Waals surface area (Å²) < 4.78 is 38.7. The zero-order chi connectivity index (χ0) is 24.0. The molecule has 0 radical (unpaired) electrons. The van der Waals surface area contributed by atoms with Gasteiger partial charge in [-0.15, -0.1) is 0 Å². The Kier molecular flexibility index (Phi) is 9.30. The van der Waals surface area contributed by atoms with Gasteiger partial charge in [0.1, 0.15) is 12.2 Å². The lowest BCUT2D eigenvalue weighted by Gasteiger charge is -2.30. The summed E-state index contributed by atoms with van der Waals surface area (Å²) >= 11 is 0. The van der Waals surface area contributed by atoms with Crippen molar-refractivity contribution in [3.8, 4) is 0 Å². The molecule has 0 fully saturated rings. The van der Waals surface area contributed by atoms with E-state index in [-0.39, 0.29) is 5.70 Å². The molecular weight excluding hydrogens is 399 g/mol. The number of likely N-dealkylation sites (N-methyl/N-ethyl adjacent to an activating group) is 1. The second-order valence-electron chi connectivity index (χ2n) is 8.24. The van der Waals surface area contributed by atoms with Crippen LogP contribution in [0.2, 0.25) is 0 Å². The smallest absolute Gasteiger partial charge is 0.366 e. The number of benzene rings is 1. The molecule has 0 saturated heterocycles. The van der Waals surface area contributed by atoms with Crippen LogP contribution in [0.5, 0.6) is 0 Å². The Morgan fingerprint density at radius 2 is 1.77 bits per heavy atom. The fraction of sp³-hybridized carbons (Fsp3) is 0.480. The maximum Gasteiger partial charge on any atom is 0.405 e. The highest BCUT2D eigenvalue weighted by Crippen LogP contribution is 2.29. The average Bonchev–Trinajstić information content (AvgIpc) is 2.67. The highest BCUT2D eigenvalue weighted by molar-refractivity contribution is 6.02. The maximum atomic E-state index is 12.8. The van der Waals surface area contributed by atoms with Crippen molar-refractivity contribution >= 4 is 11.4 Å². The minimum Gasteiger partial charge on any atom is -0.366 e. The summed E-state index contributed by atoms with van der Waals surface area (Å²) in [5.74, 6) is 0.591. The number of hydrogen-bond acceptors (Lipinski definition) is 2. The number of alkyl halides is 3. The molecule has 0 aliphatic carbocycles. The molecule has 0 aromatic heterocycles. The number of aliphatic imine (C=N–C) groups is 1. The van der Waals surface area contributed by atoms with Gasteiger partial charge in [-0.1, -0.05) is 39.0 Å². The number of nitrogens with zero attached hydrogens (tertiary/aromatic N) is 3. The van der Waals surface area contributed by atoms with Crippen LogP contribution in [0.3, 0.4) is 0 Å². The lowest BCUT2D eigenvalue weighted by atomic mass is 10.00. The molecule has 0 aliphatic heterocycles. The lowest BCUT2D eigenvalue weighted by molar-refractivity contribution is -0.139. The Morgan fingerprint density at radius 1 is 1.16 bits per heavy atom. The van der Waals surface area contributed by atoms with Gasteiger partial charge in [-0.2, -0.15) is 13.2 Å². The normalized spacial score (nSPS) is 13.4. The molecule has 0 N–H and O–H groups in total. The van der Waals surface area contributed by atoms with E-state index in [1.54, 1.807) is 19.9 Å². The lowest BCUT2D eigenvalue weighted by Crippen LogP contribution is -2.38. The predicted molar refractivity (Wildman–Crippen MR) is 127 cm³/mol. The molecule has 0 aliphatic rings. The van der Waals surface area contributed by atoms with E-state index in [9.17, 15) is 13.2 Å². The van der Waals surface area contributed by atoms with Gasteiger partial charge in [-0.25, -0.2) is 9.48 Å². The first-order valence-corrected chi connectivity index (χ1v) is 10.6. The van der Waals surface area contributed by atoms with Crippen LogP contribution in [0.4, 0.5) is 18.9 Å². The molecular formula is C25H37F3N3+. The zero-order valence-electron chi connectivity index (χ0n) is 20.0. The first kappa shape index (κ1) is 26.7. The van der Waals surface area contributed by atoms with Crippen molar-refractivity contribution in [3.63, 3.8) is 0 Å². The molecule has 3 nitrogen and oxygen atoms in total. The van der Waals surface area contributed by atoms with Gasteiger partial charge >= 0.3 is 6.18 Å². The van der Waals surface area contributed by atoms with Crippen molar-refractivity contribution in [2.24, 2.45) is 4.99 Å². The number of aryl methyl sites for hydroxylation is 2. The van der Waals surface area contributed by atoms with E-state index >= 15 is 0 Å². The fourth-order valence-electron chi connectivity index (χ4n) is 3.48. The predicted octanol–water partition coefficient (Wildman–Crippen LogP) is 6.65. The minimum atomic E-state index is -4.30. The molecule has 172 valence electrons. The summed E-state index contributed by atoms with van der Waals surface area (Å²) in [5.41, 5.74) is 5.16. The van der Waals surface area contributed by atoms with E-state index in [4.69, 9.17) is 0 Å². The summed E-state index contributed by atoms with van der Waals surface area (Å²) in [6, 6.07) is 6.48. The van der Waals surface area contributed by atoms with Crippen LogP contribution >= 0.6 is 0 Å². The summed E-state index contributed by atoms with van der Waals surface area (Å²) in [6.45, 7) is 14.8. The molecule has 0 unspecified atom stereocenters. The standard InChI is InChI=1S/C25H37F3N3/c1-10-13-22-14-15-23(16-21(22)11-2)31(8,9)20(6)29-18(4)24(12-3)19(5)30(7)17-25(26,27)28/h12,14-16H,5-6,10-11,13,17H2,1-4,7-9H3/q+1/b24-12+,29-18-. The Hall–Kier alpha value is -2.34. The van der Waals surface area contributed by atoms with E-state index in [0.29, 0.717) is 21.6 Å². The van der Waals surface area contributed by atoms with E-state index in [0.717, 1.165) is 29.8 Å². The van der Waals surface area contributed by atoms with Crippen LogP contribution in [-0.4, -0.2) is 44.5 Å². The van der Waals surface area contributed by atoms with E-state index in [1.807, 2.05) is 14.1 Å². The van der Waals surface area contributed by atoms with Crippen LogP contribution in [0.1, 0.15) is 45.2 Å². The van der Waals surface area contributed by atoms with E-state index < -0.39 is 12.7 Å². The fourth-order valence-corrected chi connectivity index (χ4v) is 3.48. The van der Waals surface area contributed by atoms with Crippen LogP contribution in [0, 0.1) is 0 Å². The van der Waals surface area contributed by atoms with Crippen LogP contribution < -0.4 is 4.48 Å². The molecule has 6 heteroatoms. The number of rotatable bonds is 10. The van der Waals surface area contributed by atoms with Crippen molar-refractivity contribution in [1.82, 2.24) is 9.38 Å². The van der Waals surface area contributed by atoms with Crippen molar-refractivity contribution < 1.29 is 13.2 Å². The van der Waals surface area contributed by atoms with Crippen molar-refractivity contribution in [1.29, 1.82) is 0 Å². The first-order chi connectivity index (χ1) is 14.3. The summed E-state index contributed by atoms with van der Waals surface area (Å²) in [7, 11) is 5.40. The topological polar surface area (TPSA) is 15.6 Å². The van der Waals surface area contributed by atoms with Crippen LogP contribution in [-0.2, 0) is 12.8 Å². The third kappa shape index (κ3) is 7.10. The highest BCUT2D eigenvalue weighted by atomic mass is 19.4. The second kappa shape index (κ2) is 10.8. The SMILES string of the molecule is C=C(C(=C/C)/C(C)=N\C(=C)[N+](C)(C)c1ccc(CCC)c(CC)c1)N(C)CC(F)(F)F. The van der Waals surface area contributed by atoms with Crippen molar-refractivity contribution in [3.05, 3.63) is 65.7 Å². The van der Waals surface area contributed by atoms with Gasteiger partial charge in [0.05, 0.1) is 19.8 Å². The van der Waals surface area contributed by atoms with Gasteiger partial charge in [0.25, 0.3) is 0 Å². The summed E-state index contributed by atoms with van der Waals surface area (Å²) in [5, 5.41) is 0.